The van der Waals surface area contributed by atoms with E-state index in [0.29, 0.717) is 6.54 Å². The zero-order valence-corrected chi connectivity index (χ0v) is 14.4. The maximum atomic E-state index is 12.1. The molecule has 6 heteroatoms. The van der Waals surface area contributed by atoms with E-state index in [-0.39, 0.29) is 12.3 Å². The van der Waals surface area contributed by atoms with Crippen molar-refractivity contribution >= 4 is 17.6 Å². The Kier molecular flexibility index (Phi) is 7.71. The molecular weight excluding hydrogens is 294 g/mol. The molecule has 1 rings (SSSR count). The Morgan fingerprint density at radius 1 is 1.30 bits per heavy atom. The molecule has 0 radical (unpaired) electrons. The Morgan fingerprint density at radius 2 is 2.00 bits per heavy atom. The van der Waals surface area contributed by atoms with Gasteiger partial charge in [-0.05, 0) is 31.0 Å². The summed E-state index contributed by atoms with van der Waals surface area (Å²) in [7, 11) is 4.10. The van der Waals surface area contributed by atoms with Crippen LogP contribution >= 0.6 is 0 Å². The van der Waals surface area contributed by atoms with Crippen LogP contribution in [0.2, 0.25) is 0 Å². The first-order chi connectivity index (χ1) is 10.8. The highest BCUT2D eigenvalue weighted by atomic mass is 16.4. The van der Waals surface area contributed by atoms with Crippen molar-refractivity contribution in [2.24, 2.45) is 0 Å². The first kappa shape index (κ1) is 19.1. The van der Waals surface area contributed by atoms with Crippen LogP contribution in [0.15, 0.2) is 18.2 Å². The van der Waals surface area contributed by atoms with Gasteiger partial charge in [-0.25, -0.2) is 0 Å². The van der Waals surface area contributed by atoms with E-state index in [1.165, 1.54) is 4.90 Å². The lowest BCUT2D eigenvalue weighted by atomic mass is 10.1. The number of nitrogens with one attached hydrogen (secondary N) is 2. The van der Waals surface area contributed by atoms with E-state index in [1.54, 1.807) is 5.32 Å². The van der Waals surface area contributed by atoms with E-state index in [2.05, 4.69) is 5.32 Å². The van der Waals surface area contributed by atoms with Gasteiger partial charge in [0.15, 0.2) is 0 Å². The van der Waals surface area contributed by atoms with Crippen LogP contribution in [0.1, 0.15) is 24.0 Å². The van der Waals surface area contributed by atoms with E-state index in [1.807, 2.05) is 46.1 Å². The molecule has 1 aromatic rings. The molecule has 1 aromatic carbocycles. The molecular formula is C17H28N3O3+. The summed E-state index contributed by atoms with van der Waals surface area (Å²) >= 11 is 0. The summed E-state index contributed by atoms with van der Waals surface area (Å²) in [5.74, 6) is -1.50. The van der Waals surface area contributed by atoms with Crippen LogP contribution in [0.5, 0.6) is 0 Å². The van der Waals surface area contributed by atoms with Crippen LogP contribution in [0.3, 0.4) is 0 Å². The van der Waals surface area contributed by atoms with Crippen molar-refractivity contribution in [2.45, 2.75) is 32.7 Å². The van der Waals surface area contributed by atoms with Gasteiger partial charge in [0.05, 0.1) is 39.6 Å². The van der Waals surface area contributed by atoms with Gasteiger partial charge in [-0.1, -0.05) is 12.1 Å². The number of anilines is 1. The van der Waals surface area contributed by atoms with Crippen LogP contribution < -0.4 is 20.6 Å². The fourth-order valence-electron chi connectivity index (χ4n) is 2.33. The molecule has 0 aliphatic heterocycles. The van der Waals surface area contributed by atoms with Crippen molar-refractivity contribution in [3.05, 3.63) is 29.3 Å². The molecule has 4 N–H and O–H groups in total. The van der Waals surface area contributed by atoms with Crippen LogP contribution in [0.25, 0.3) is 0 Å². The molecule has 6 nitrogen and oxygen atoms in total. The van der Waals surface area contributed by atoms with Gasteiger partial charge >= 0.3 is 0 Å². The fraction of sp³-hybridized carbons (Fsp3) is 0.529. The van der Waals surface area contributed by atoms with Crippen molar-refractivity contribution in [3.8, 4) is 0 Å². The Hall–Kier alpha value is -1.92. The quantitative estimate of drug-likeness (QED) is 0.453. The molecule has 0 spiro atoms. The van der Waals surface area contributed by atoms with Crippen molar-refractivity contribution in [3.63, 3.8) is 0 Å². The highest BCUT2D eigenvalue weighted by Crippen LogP contribution is 2.18. The van der Waals surface area contributed by atoms with Gasteiger partial charge in [-0.15, -0.1) is 0 Å². The van der Waals surface area contributed by atoms with Gasteiger partial charge in [0.25, 0.3) is 0 Å². The van der Waals surface area contributed by atoms with Crippen LogP contribution in [-0.4, -0.2) is 45.1 Å². The minimum Gasteiger partial charge on any atom is -0.544 e. The zero-order valence-electron chi connectivity index (χ0n) is 14.4. The normalized spacial score (nSPS) is 12.2. The van der Waals surface area contributed by atoms with Gasteiger partial charge in [0.2, 0.25) is 5.91 Å². The molecule has 0 aliphatic carbocycles. The van der Waals surface area contributed by atoms with Crippen LogP contribution in [-0.2, 0) is 9.59 Å². The average molecular weight is 322 g/mol. The van der Waals surface area contributed by atoms with Gasteiger partial charge < -0.3 is 25.4 Å². The Bertz CT molecular complexity index is 544. The third-order valence-electron chi connectivity index (χ3n) is 3.92. The maximum absolute atomic E-state index is 12.1. The number of carboxylic acid groups (broad SMARTS) is 1. The molecule has 0 aromatic heterocycles. The van der Waals surface area contributed by atoms with Crippen LogP contribution in [0.4, 0.5) is 5.69 Å². The lowest BCUT2D eigenvalue weighted by Crippen LogP contribution is -3.06. The average Bonchev–Trinajstić information content (AvgIpc) is 2.46. The molecule has 128 valence electrons. The Morgan fingerprint density at radius 3 is 2.61 bits per heavy atom. The third kappa shape index (κ3) is 6.80. The summed E-state index contributed by atoms with van der Waals surface area (Å²) in [6, 6.07) is 4.80. The molecule has 0 saturated carbocycles. The molecule has 0 saturated heterocycles. The number of nitrogens with two attached hydrogens (primary N) is 1. The number of quaternary nitrogens is 2. The Balaban J connectivity index is 2.54. The molecule has 0 aliphatic rings. The standard InChI is InChI=1S/C17H27N3O3/c1-12-7-5-8-14(13(12)2)19-16(21)11-15(17(22)23)18-9-6-10-20(3)4/h5,7-8,15,18H,6,9-11H2,1-4H3,(H,19,21)(H,22,23)/p+1/t15-/m1/s1. The van der Waals surface area contributed by atoms with Crippen LogP contribution in [0, 0.1) is 13.8 Å². The molecule has 0 bridgehead atoms. The second kappa shape index (κ2) is 9.27. The summed E-state index contributed by atoms with van der Waals surface area (Å²) < 4.78 is 0. The lowest BCUT2D eigenvalue weighted by molar-refractivity contribution is -0.860. The van der Waals surface area contributed by atoms with Crippen molar-refractivity contribution in [2.75, 3.05) is 32.5 Å². The van der Waals surface area contributed by atoms with E-state index >= 15 is 0 Å². The second-order valence-electron chi connectivity index (χ2n) is 6.26. The highest BCUT2D eigenvalue weighted by molar-refractivity contribution is 5.94. The number of carbonyl (C=O) groups is 2. The SMILES string of the molecule is Cc1cccc(NC(=O)C[C@@H]([NH2+]CCC[NH+](C)C)C(=O)[O-])c1C. The topological polar surface area (TPSA) is 90.3 Å². The summed E-state index contributed by atoms with van der Waals surface area (Å²) in [5, 5.41) is 15.7. The monoisotopic (exact) mass is 322 g/mol. The van der Waals surface area contributed by atoms with Gasteiger partial charge in [0, 0.05) is 12.1 Å². The Labute approximate surface area is 137 Å². The zero-order chi connectivity index (χ0) is 17.4. The van der Waals surface area contributed by atoms with Gasteiger partial charge in [0.1, 0.15) is 6.04 Å². The number of rotatable bonds is 9. The fourth-order valence-corrected chi connectivity index (χ4v) is 2.33. The first-order valence-corrected chi connectivity index (χ1v) is 8.00. The first-order valence-electron chi connectivity index (χ1n) is 8.00. The second-order valence-corrected chi connectivity index (χ2v) is 6.26. The number of benzene rings is 1. The predicted molar refractivity (Wildman–Crippen MR) is 87.0 cm³/mol. The number of carboxylic acids is 1. The van der Waals surface area contributed by atoms with Gasteiger partial charge in [-0.3, -0.25) is 4.79 Å². The van der Waals surface area contributed by atoms with Crippen molar-refractivity contribution in [1.29, 1.82) is 0 Å². The van der Waals surface area contributed by atoms with Crippen molar-refractivity contribution in [1.82, 2.24) is 0 Å². The van der Waals surface area contributed by atoms with E-state index in [0.717, 1.165) is 29.8 Å². The summed E-state index contributed by atoms with van der Waals surface area (Å²) in [6.07, 6.45) is 0.801. The largest absolute Gasteiger partial charge is 0.544 e. The third-order valence-corrected chi connectivity index (χ3v) is 3.92. The molecule has 1 atom stereocenters. The minimum atomic E-state index is -1.20. The van der Waals surface area contributed by atoms with Crippen molar-refractivity contribution < 1.29 is 24.9 Å². The van der Waals surface area contributed by atoms with E-state index in [4.69, 9.17) is 0 Å². The van der Waals surface area contributed by atoms with E-state index in [9.17, 15) is 14.7 Å². The summed E-state index contributed by atoms with van der Waals surface area (Å²) in [4.78, 5) is 24.6. The smallest absolute Gasteiger partial charge is 0.230 e. The molecule has 0 unspecified atom stereocenters. The number of aryl methyl sites for hydroxylation is 1. The van der Waals surface area contributed by atoms with Gasteiger partial charge in [-0.2, -0.15) is 0 Å². The predicted octanol–water partition coefficient (Wildman–Crippen LogP) is -2.15. The summed E-state index contributed by atoms with van der Waals surface area (Å²) in [6.45, 7) is 5.53. The number of hydrogen-bond acceptors (Lipinski definition) is 3. The number of carbonyl (C=O) groups excluding carboxylic acids is 2. The molecule has 0 heterocycles. The van der Waals surface area contributed by atoms with E-state index < -0.39 is 12.0 Å². The highest BCUT2D eigenvalue weighted by Gasteiger charge is 2.18. The number of amides is 1. The number of aliphatic carboxylic acids is 1. The molecule has 0 fully saturated rings. The number of hydrogen-bond donors (Lipinski definition) is 3. The minimum absolute atomic E-state index is 0.0927. The molecule has 1 amide bonds. The maximum Gasteiger partial charge on any atom is 0.230 e. The molecule has 23 heavy (non-hydrogen) atoms. The lowest BCUT2D eigenvalue weighted by Gasteiger charge is -2.17. The summed E-state index contributed by atoms with van der Waals surface area (Å²) in [5.41, 5.74) is 2.80.